The van der Waals surface area contributed by atoms with Crippen LogP contribution >= 0.6 is 0 Å². The molecule has 0 aliphatic carbocycles. The Kier molecular flexibility index (Phi) is 6.37. The first-order chi connectivity index (χ1) is 11.4. The Hall–Kier alpha value is -1.44. The maximum Gasteiger partial charge on any atom is 0.251 e. The van der Waals surface area contributed by atoms with E-state index in [4.69, 9.17) is 0 Å². The number of amides is 1. The van der Waals surface area contributed by atoms with E-state index in [0.717, 1.165) is 24.8 Å². The fraction of sp³-hybridized carbons (Fsp3) is 0.588. The maximum absolute atomic E-state index is 12.9. The third kappa shape index (κ3) is 4.15. The predicted octanol–water partition coefficient (Wildman–Crippen LogP) is 1.51. The number of rotatable bonds is 6. The van der Waals surface area contributed by atoms with Gasteiger partial charge in [0.1, 0.15) is 0 Å². The van der Waals surface area contributed by atoms with Crippen LogP contribution in [0.1, 0.15) is 42.1 Å². The topological polar surface area (TPSA) is 78.5 Å². The molecule has 1 saturated heterocycles. The van der Waals surface area contributed by atoms with Gasteiger partial charge in [-0.1, -0.05) is 12.5 Å². The first-order valence-corrected chi connectivity index (χ1v) is 9.87. The fourth-order valence-electron chi connectivity index (χ4n) is 2.97. The van der Waals surface area contributed by atoms with Crippen molar-refractivity contribution in [3.63, 3.8) is 0 Å². The normalized spacial score (nSPS) is 19.2. The summed E-state index contributed by atoms with van der Waals surface area (Å²) in [7, 11) is -1.76. The van der Waals surface area contributed by atoms with Gasteiger partial charge in [0.2, 0.25) is 10.0 Å². The molecule has 0 aromatic heterocycles. The van der Waals surface area contributed by atoms with E-state index in [9.17, 15) is 13.2 Å². The van der Waals surface area contributed by atoms with Crippen LogP contribution < -0.4 is 10.6 Å². The molecule has 1 aliphatic heterocycles. The van der Waals surface area contributed by atoms with Gasteiger partial charge in [0.15, 0.2) is 0 Å². The van der Waals surface area contributed by atoms with Crippen molar-refractivity contribution in [3.05, 3.63) is 29.3 Å². The highest BCUT2D eigenvalue weighted by atomic mass is 32.2. The van der Waals surface area contributed by atoms with Crippen molar-refractivity contribution in [2.75, 3.05) is 26.7 Å². The summed E-state index contributed by atoms with van der Waals surface area (Å²) in [6.45, 7) is 5.45. The van der Waals surface area contributed by atoms with Crippen LogP contribution in [0.4, 0.5) is 0 Å². The summed E-state index contributed by atoms with van der Waals surface area (Å²) < 4.78 is 27.4. The van der Waals surface area contributed by atoms with E-state index in [0.29, 0.717) is 25.2 Å². The Morgan fingerprint density at radius 2 is 2.04 bits per heavy atom. The zero-order chi connectivity index (χ0) is 17.7. The van der Waals surface area contributed by atoms with Crippen LogP contribution in [0, 0.1) is 6.92 Å². The Bertz CT molecular complexity index is 688. The number of carbonyl (C=O) groups is 1. The monoisotopic (exact) mass is 353 g/mol. The summed E-state index contributed by atoms with van der Waals surface area (Å²) >= 11 is 0. The van der Waals surface area contributed by atoms with E-state index >= 15 is 0 Å². The molecular weight excluding hydrogens is 326 g/mol. The largest absolute Gasteiger partial charge is 0.351 e. The number of hydrogen-bond acceptors (Lipinski definition) is 4. The summed E-state index contributed by atoms with van der Waals surface area (Å²) in [6.07, 6.45) is 2.81. The van der Waals surface area contributed by atoms with Gasteiger partial charge in [-0.25, -0.2) is 8.42 Å². The van der Waals surface area contributed by atoms with Crippen molar-refractivity contribution in [2.24, 2.45) is 0 Å². The molecule has 1 aromatic carbocycles. The van der Waals surface area contributed by atoms with E-state index in [1.54, 1.807) is 16.4 Å². The van der Waals surface area contributed by atoms with Gasteiger partial charge in [-0.05, 0) is 51.4 Å². The highest BCUT2D eigenvalue weighted by molar-refractivity contribution is 7.89. The van der Waals surface area contributed by atoms with Crippen LogP contribution in [0.2, 0.25) is 0 Å². The second-order valence-corrected chi connectivity index (χ2v) is 8.19. The van der Waals surface area contributed by atoms with E-state index in [-0.39, 0.29) is 16.8 Å². The van der Waals surface area contributed by atoms with Gasteiger partial charge in [0.25, 0.3) is 5.91 Å². The fourth-order valence-corrected chi connectivity index (χ4v) is 4.69. The van der Waals surface area contributed by atoms with Crippen molar-refractivity contribution in [2.45, 2.75) is 44.0 Å². The van der Waals surface area contributed by atoms with Gasteiger partial charge in [0, 0.05) is 31.2 Å². The van der Waals surface area contributed by atoms with Gasteiger partial charge in [-0.2, -0.15) is 4.31 Å². The molecule has 0 saturated carbocycles. The van der Waals surface area contributed by atoms with Crippen molar-refractivity contribution < 1.29 is 13.2 Å². The highest BCUT2D eigenvalue weighted by Crippen LogP contribution is 2.26. The third-order valence-electron chi connectivity index (χ3n) is 4.46. The number of nitrogens with one attached hydrogen (secondary N) is 2. The molecule has 0 radical (unpaired) electrons. The highest BCUT2D eigenvalue weighted by Gasteiger charge is 2.31. The first-order valence-electron chi connectivity index (χ1n) is 8.43. The lowest BCUT2D eigenvalue weighted by Crippen LogP contribution is -2.42. The first kappa shape index (κ1) is 18.9. The Morgan fingerprint density at radius 1 is 1.29 bits per heavy atom. The van der Waals surface area contributed by atoms with Crippen molar-refractivity contribution in [3.8, 4) is 0 Å². The Labute approximate surface area is 144 Å². The number of likely N-dealkylation sites (N-methyl/N-ethyl adjacent to an activating group) is 1. The number of aryl methyl sites for hydroxylation is 1. The van der Waals surface area contributed by atoms with Crippen molar-refractivity contribution in [1.29, 1.82) is 0 Å². The molecule has 24 heavy (non-hydrogen) atoms. The smallest absolute Gasteiger partial charge is 0.251 e. The van der Waals surface area contributed by atoms with E-state index in [1.165, 1.54) is 6.07 Å². The van der Waals surface area contributed by atoms with E-state index < -0.39 is 10.0 Å². The predicted molar refractivity (Wildman–Crippen MR) is 94.6 cm³/mol. The minimum Gasteiger partial charge on any atom is -0.351 e. The van der Waals surface area contributed by atoms with Crippen molar-refractivity contribution >= 4 is 15.9 Å². The van der Waals surface area contributed by atoms with Gasteiger partial charge >= 0.3 is 0 Å². The Morgan fingerprint density at radius 3 is 2.71 bits per heavy atom. The van der Waals surface area contributed by atoms with E-state index in [1.807, 2.05) is 20.9 Å². The SMILES string of the molecule is CNCCNC(=O)c1cc(S(=O)(=O)N2CCCCC2C)ccc1C. The van der Waals surface area contributed by atoms with Crippen LogP contribution in [0.3, 0.4) is 0 Å². The molecule has 0 spiro atoms. The number of benzene rings is 1. The molecule has 1 heterocycles. The number of hydrogen-bond donors (Lipinski definition) is 2. The summed E-state index contributed by atoms with van der Waals surface area (Å²) in [6, 6.07) is 4.80. The lowest BCUT2D eigenvalue weighted by molar-refractivity contribution is 0.0953. The minimum absolute atomic E-state index is 0.00189. The molecule has 1 aliphatic rings. The third-order valence-corrected chi connectivity index (χ3v) is 6.47. The molecule has 7 heteroatoms. The van der Waals surface area contributed by atoms with Crippen LogP contribution in [0.15, 0.2) is 23.1 Å². The molecule has 1 amide bonds. The molecule has 2 rings (SSSR count). The molecule has 6 nitrogen and oxygen atoms in total. The summed E-state index contributed by atoms with van der Waals surface area (Å²) in [5.74, 6) is -0.244. The van der Waals surface area contributed by atoms with Crippen LogP contribution in [-0.4, -0.2) is 51.4 Å². The number of carbonyl (C=O) groups excluding carboxylic acids is 1. The van der Waals surface area contributed by atoms with Gasteiger partial charge in [-0.3, -0.25) is 4.79 Å². The second-order valence-electron chi connectivity index (χ2n) is 6.30. The average molecular weight is 353 g/mol. The number of nitrogens with zero attached hydrogens (tertiary/aromatic N) is 1. The number of piperidine rings is 1. The zero-order valence-electron chi connectivity index (χ0n) is 14.6. The van der Waals surface area contributed by atoms with Crippen LogP contribution in [0.5, 0.6) is 0 Å². The number of sulfonamides is 1. The van der Waals surface area contributed by atoms with Crippen LogP contribution in [0.25, 0.3) is 0 Å². The summed E-state index contributed by atoms with van der Waals surface area (Å²) in [4.78, 5) is 12.5. The van der Waals surface area contributed by atoms with E-state index in [2.05, 4.69) is 10.6 Å². The molecule has 0 bridgehead atoms. The lowest BCUT2D eigenvalue weighted by atomic mass is 10.1. The molecular formula is C17H27N3O3S. The standard InChI is InChI=1S/C17H27N3O3S/c1-13-7-8-15(12-16(13)17(21)19-10-9-18-3)24(22,23)20-11-5-4-6-14(20)2/h7-8,12,14,18H,4-6,9-11H2,1-3H3,(H,19,21). The lowest BCUT2D eigenvalue weighted by Gasteiger charge is -2.32. The van der Waals surface area contributed by atoms with Crippen molar-refractivity contribution in [1.82, 2.24) is 14.9 Å². The molecule has 1 atom stereocenters. The summed E-state index contributed by atoms with van der Waals surface area (Å²) in [5.41, 5.74) is 1.18. The molecule has 1 unspecified atom stereocenters. The molecule has 1 fully saturated rings. The summed E-state index contributed by atoms with van der Waals surface area (Å²) in [5, 5.41) is 5.75. The maximum atomic E-state index is 12.9. The molecule has 2 N–H and O–H groups in total. The van der Waals surface area contributed by atoms with Gasteiger partial charge in [-0.15, -0.1) is 0 Å². The van der Waals surface area contributed by atoms with Crippen LogP contribution in [-0.2, 0) is 10.0 Å². The molecule has 134 valence electrons. The second kappa shape index (κ2) is 8.09. The average Bonchev–Trinajstić information content (AvgIpc) is 2.55. The zero-order valence-corrected chi connectivity index (χ0v) is 15.4. The van der Waals surface area contributed by atoms with Gasteiger partial charge in [0.05, 0.1) is 4.90 Å². The quantitative estimate of drug-likeness (QED) is 0.760. The van der Waals surface area contributed by atoms with Gasteiger partial charge < -0.3 is 10.6 Å². The molecule has 1 aromatic rings. The minimum atomic E-state index is -3.57. The Balaban J connectivity index is 2.27.